The van der Waals surface area contributed by atoms with Crippen LogP contribution in [0, 0.1) is 0 Å². The molecule has 2 aromatic rings. The molecule has 2 heterocycles. The summed E-state index contributed by atoms with van der Waals surface area (Å²) in [5.41, 5.74) is 2.33. The van der Waals surface area contributed by atoms with Gasteiger partial charge in [-0.2, -0.15) is 0 Å². The van der Waals surface area contributed by atoms with Gasteiger partial charge in [0.1, 0.15) is 0 Å². The average molecular weight is 385 g/mol. The molecule has 1 amide bonds. The molecule has 7 heteroatoms. The van der Waals surface area contributed by atoms with Crippen molar-refractivity contribution in [2.75, 3.05) is 34.2 Å². The van der Waals surface area contributed by atoms with E-state index in [9.17, 15) is 13.2 Å². The topological polar surface area (TPSA) is 69.7 Å². The van der Waals surface area contributed by atoms with Gasteiger partial charge in [-0.1, -0.05) is 6.07 Å². The summed E-state index contributed by atoms with van der Waals surface area (Å²) in [6, 6.07) is 14.0. The van der Waals surface area contributed by atoms with E-state index in [0.29, 0.717) is 18.7 Å². The molecule has 0 spiro atoms. The lowest BCUT2D eigenvalue weighted by Crippen LogP contribution is -2.23. The number of amides is 1. The number of carbonyl (C=O) groups is 1. The summed E-state index contributed by atoms with van der Waals surface area (Å²) < 4.78 is 28.1. The van der Waals surface area contributed by atoms with Gasteiger partial charge in [0.05, 0.1) is 10.6 Å². The fraction of sp³-hybridized carbons (Fsp3) is 0.350. The van der Waals surface area contributed by atoms with Crippen LogP contribution in [0.2, 0.25) is 0 Å². The van der Waals surface area contributed by atoms with E-state index in [4.69, 9.17) is 0 Å². The van der Waals surface area contributed by atoms with E-state index in [-0.39, 0.29) is 10.8 Å². The summed E-state index contributed by atoms with van der Waals surface area (Å²) in [5.74, 6) is 0.0856. The second-order valence-electron chi connectivity index (χ2n) is 6.99. The summed E-state index contributed by atoms with van der Waals surface area (Å²) in [7, 11) is -3.68. The third kappa shape index (κ3) is 3.78. The fourth-order valence-electron chi connectivity index (χ4n) is 3.68. The molecule has 2 aromatic carbocycles. The maximum atomic E-state index is 12.7. The van der Waals surface area contributed by atoms with Gasteiger partial charge in [-0.3, -0.25) is 9.52 Å². The largest absolute Gasteiger partial charge is 0.371 e. The number of hydrogen-bond acceptors (Lipinski definition) is 4. The van der Waals surface area contributed by atoms with Crippen molar-refractivity contribution in [3.8, 4) is 0 Å². The molecule has 0 aromatic heterocycles. The second-order valence-corrected chi connectivity index (χ2v) is 8.68. The molecular weight excluding hydrogens is 362 g/mol. The van der Waals surface area contributed by atoms with Crippen molar-refractivity contribution in [2.45, 2.75) is 30.6 Å². The molecule has 142 valence electrons. The van der Waals surface area contributed by atoms with E-state index >= 15 is 0 Å². The molecule has 0 saturated carbocycles. The zero-order chi connectivity index (χ0) is 18.9. The normalized spacial score (nSPS) is 17.6. The van der Waals surface area contributed by atoms with E-state index in [1.54, 1.807) is 35.2 Å². The summed E-state index contributed by atoms with van der Waals surface area (Å²) in [6.07, 6.45) is 3.73. The Bertz CT molecular complexity index is 935. The molecule has 0 atom stereocenters. The van der Waals surface area contributed by atoms with Crippen LogP contribution in [-0.4, -0.2) is 34.0 Å². The molecule has 1 N–H and O–H groups in total. The quantitative estimate of drug-likeness (QED) is 0.858. The molecule has 2 aliphatic heterocycles. The van der Waals surface area contributed by atoms with Gasteiger partial charge < -0.3 is 9.80 Å². The first-order valence-corrected chi connectivity index (χ1v) is 10.8. The lowest BCUT2D eigenvalue weighted by atomic mass is 10.2. The van der Waals surface area contributed by atoms with Crippen LogP contribution in [-0.2, 0) is 14.8 Å². The van der Waals surface area contributed by atoms with Gasteiger partial charge in [0.2, 0.25) is 5.91 Å². The number of nitrogens with zero attached hydrogens (tertiary/aromatic N) is 2. The summed E-state index contributed by atoms with van der Waals surface area (Å²) in [5, 5.41) is 0. The number of carbonyl (C=O) groups excluding carboxylic acids is 1. The second kappa shape index (κ2) is 7.23. The highest BCUT2D eigenvalue weighted by Gasteiger charge is 2.22. The molecule has 0 radical (unpaired) electrons. The predicted molar refractivity (Wildman–Crippen MR) is 107 cm³/mol. The molecule has 0 aliphatic carbocycles. The van der Waals surface area contributed by atoms with Gasteiger partial charge in [-0.05, 0) is 61.7 Å². The van der Waals surface area contributed by atoms with Crippen LogP contribution in [0.1, 0.15) is 25.7 Å². The zero-order valence-corrected chi connectivity index (χ0v) is 15.9. The van der Waals surface area contributed by atoms with E-state index in [1.807, 2.05) is 18.2 Å². The van der Waals surface area contributed by atoms with Crippen LogP contribution in [0.3, 0.4) is 0 Å². The van der Waals surface area contributed by atoms with Crippen LogP contribution in [0.15, 0.2) is 53.4 Å². The Balaban J connectivity index is 1.51. The molecule has 0 unspecified atom stereocenters. The van der Waals surface area contributed by atoms with E-state index < -0.39 is 10.0 Å². The lowest BCUT2D eigenvalue weighted by molar-refractivity contribution is -0.117. The van der Waals surface area contributed by atoms with Crippen LogP contribution in [0.4, 0.5) is 17.1 Å². The molecule has 27 heavy (non-hydrogen) atoms. The monoisotopic (exact) mass is 385 g/mol. The third-order valence-electron chi connectivity index (χ3n) is 5.10. The lowest BCUT2D eigenvalue weighted by Gasteiger charge is -2.19. The predicted octanol–water partition coefficient (Wildman–Crippen LogP) is 3.21. The standard InChI is InChI=1S/C20H23N3O3S/c24-20-7-4-14-23(20)17-8-10-19(11-9-17)27(25,26)21-16-5-3-6-18(15-16)22-12-1-2-13-22/h3,5-6,8-11,15,21H,1-2,4,7,12-14H2. The van der Waals surface area contributed by atoms with Gasteiger partial charge in [0, 0.05) is 37.4 Å². The minimum atomic E-state index is -3.68. The van der Waals surface area contributed by atoms with Crippen molar-refractivity contribution in [3.63, 3.8) is 0 Å². The third-order valence-corrected chi connectivity index (χ3v) is 6.50. The minimum absolute atomic E-state index is 0.0856. The van der Waals surface area contributed by atoms with Gasteiger partial charge in [0.25, 0.3) is 10.0 Å². The van der Waals surface area contributed by atoms with Gasteiger partial charge in [0.15, 0.2) is 0 Å². The van der Waals surface area contributed by atoms with Crippen LogP contribution < -0.4 is 14.5 Å². The molecule has 2 aliphatic rings. The summed E-state index contributed by atoms with van der Waals surface area (Å²) in [6.45, 7) is 2.70. The Hall–Kier alpha value is -2.54. The minimum Gasteiger partial charge on any atom is -0.371 e. The van der Waals surface area contributed by atoms with Crippen LogP contribution >= 0.6 is 0 Å². The number of anilines is 3. The van der Waals surface area contributed by atoms with Crippen molar-refractivity contribution in [1.29, 1.82) is 0 Å². The van der Waals surface area contributed by atoms with E-state index in [1.165, 1.54) is 12.8 Å². The Morgan fingerprint density at radius 1 is 0.852 bits per heavy atom. The molecule has 0 bridgehead atoms. The smallest absolute Gasteiger partial charge is 0.261 e. The number of hydrogen-bond donors (Lipinski definition) is 1. The number of rotatable bonds is 5. The van der Waals surface area contributed by atoms with Crippen molar-refractivity contribution in [2.24, 2.45) is 0 Å². The van der Waals surface area contributed by atoms with Crippen molar-refractivity contribution < 1.29 is 13.2 Å². The zero-order valence-electron chi connectivity index (χ0n) is 15.1. The Morgan fingerprint density at radius 3 is 2.26 bits per heavy atom. The summed E-state index contributed by atoms with van der Waals surface area (Å²) >= 11 is 0. The molecule has 4 rings (SSSR count). The van der Waals surface area contributed by atoms with Gasteiger partial charge >= 0.3 is 0 Å². The highest BCUT2D eigenvalue weighted by atomic mass is 32.2. The SMILES string of the molecule is O=C1CCCN1c1ccc(S(=O)(=O)Nc2cccc(N3CCCC3)c2)cc1. The van der Waals surface area contributed by atoms with Gasteiger partial charge in [-0.25, -0.2) is 8.42 Å². The first kappa shape index (κ1) is 17.9. The molecule has 2 saturated heterocycles. The molecule has 2 fully saturated rings. The number of sulfonamides is 1. The first-order chi connectivity index (χ1) is 13.0. The fourth-order valence-corrected chi connectivity index (χ4v) is 4.73. The highest BCUT2D eigenvalue weighted by Crippen LogP contribution is 2.26. The van der Waals surface area contributed by atoms with Gasteiger partial charge in [-0.15, -0.1) is 0 Å². The van der Waals surface area contributed by atoms with Crippen molar-refractivity contribution >= 4 is 33.0 Å². The Kier molecular flexibility index (Phi) is 4.78. The highest BCUT2D eigenvalue weighted by molar-refractivity contribution is 7.92. The van der Waals surface area contributed by atoms with E-state index in [2.05, 4.69) is 9.62 Å². The van der Waals surface area contributed by atoms with Crippen molar-refractivity contribution in [3.05, 3.63) is 48.5 Å². The maximum Gasteiger partial charge on any atom is 0.261 e. The summed E-state index contributed by atoms with van der Waals surface area (Å²) in [4.78, 5) is 16.0. The Labute approximate surface area is 159 Å². The first-order valence-electron chi connectivity index (χ1n) is 9.31. The van der Waals surface area contributed by atoms with E-state index in [0.717, 1.165) is 30.9 Å². The molecule has 6 nitrogen and oxygen atoms in total. The number of benzene rings is 2. The van der Waals surface area contributed by atoms with Crippen LogP contribution in [0.5, 0.6) is 0 Å². The average Bonchev–Trinajstić information content (AvgIpc) is 3.33. The maximum absolute atomic E-state index is 12.7. The van der Waals surface area contributed by atoms with Crippen molar-refractivity contribution in [1.82, 2.24) is 0 Å². The van der Waals surface area contributed by atoms with Crippen LogP contribution in [0.25, 0.3) is 0 Å². The molecular formula is C20H23N3O3S. The Morgan fingerprint density at radius 2 is 1.59 bits per heavy atom. The number of nitrogens with one attached hydrogen (secondary N) is 1.